The summed E-state index contributed by atoms with van der Waals surface area (Å²) in [5.74, 6) is 1.63. The molecule has 0 nitrogen and oxygen atoms in total. The van der Waals surface area contributed by atoms with E-state index in [1.807, 2.05) is 0 Å². The molecule has 2 atom stereocenters. The average Bonchev–Trinajstić information content (AvgIpc) is 2.36. The molecule has 0 saturated heterocycles. The van der Waals surface area contributed by atoms with Crippen LogP contribution in [0.1, 0.15) is 57.4 Å². The molecular weight excluding hydrogens is 319 g/mol. The summed E-state index contributed by atoms with van der Waals surface area (Å²) in [6, 6.07) is 11.1. The van der Waals surface area contributed by atoms with Gasteiger partial charge < -0.3 is 0 Å². The molecule has 0 aliphatic carbocycles. The molecule has 0 heterocycles. The molecule has 0 aromatic heterocycles. The molecule has 17 heavy (non-hydrogen) atoms. The molecule has 0 spiro atoms. The van der Waals surface area contributed by atoms with E-state index in [1.165, 1.54) is 36.5 Å². The van der Waals surface area contributed by atoms with Crippen LogP contribution in [0, 0.1) is 5.92 Å². The maximum absolute atomic E-state index is 2.49. The number of rotatable bonds is 8. The molecule has 0 amide bonds. The summed E-state index contributed by atoms with van der Waals surface area (Å²) < 4.78 is 1.29. The molecule has 0 bridgehead atoms. The van der Waals surface area contributed by atoms with Crippen molar-refractivity contribution in [3.05, 3.63) is 35.9 Å². The molecule has 1 aromatic rings. The zero-order valence-electron chi connectivity index (χ0n) is 11.2. The van der Waals surface area contributed by atoms with Crippen molar-refractivity contribution >= 4 is 22.6 Å². The predicted octanol–water partition coefficient (Wildman–Crippen LogP) is 5.81. The van der Waals surface area contributed by atoms with Crippen LogP contribution in [0.3, 0.4) is 0 Å². The van der Waals surface area contributed by atoms with E-state index < -0.39 is 0 Å². The van der Waals surface area contributed by atoms with E-state index in [0.717, 1.165) is 11.8 Å². The van der Waals surface area contributed by atoms with Crippen molar-refractivity contribution in [1.29, 1.82) is 0 Å². The minimum atomic E-state index is 0.772. The SMILES string of the molecule is CCCCC(CC(C)CCI)c1ccccc1. The lowest BCUT2D eigenvalue weighted by Crippen LogP contribution is -2.06. The minimum Gasteiger partial charge on any atom is -0.0864 e. The number of hydrogen-bond acceptors (Lipinski definition) is 0. The first-order valence-electron chi connectivity index (χ1n) is 6.88. The Morgan fingerprint density at radius 3 is 2.41 bits per heavy atom. The summed E-state index contributed by atoms with van der Waals surface area (Å²) in [6.45, 7) is 4.69. The van der Waals surface area contributed by atoms with E-state index in [2.05, 4.69) is 66.8 Å². The fourth-order valence-corrected chi connectivity index (χ4v) is 3.45. The van der Waals surface area contributed by atoms with Crippen molar-refractivity contribution in [2.75, 3.05) is 4.43 Å². The monoisotopic (exact) mass is 344 g/mol. The highest BCUT2D eigenvalue weighted by Gasteiger charge is 2.14. The first kappa shape index (κ1) is 15.0. The zero-order valence-corrected chi connectivity index (χ0v) is 13.3. The average molecular weight is 344 g/mol. The maximum atomic E-state index is 2.49. The van der Waals surface area contributed by atoms with Crippen molar-refractivity contribution in [1.82, 2.24) is 0 Å². The summed E-state index contributed by atoms with van der Waals surface area (Å²) in [4.78, 5) is 0. The summed E-state index contributed by atoms with van der Waals surface area (Å²) in [7, 11) is 0. The lowest BCUT2D eigenvalue weighted by molar-refractivity contribution is 0.433. The van der Waals surface area contributed by atoms with Gasteiger partial charge in [-0.05, 0) is 41.1 Å². The van der Waals surface area contributed by atoms with Crippen molar-refractivity contribution in [2.24, 2.45) is 5.92 Å². The maximum Gasteiger partial charge on any atom is -0.000219 e. The van der Waals surface area contributed by atoms with Gasteiger partial charge in [-0.25, -0.2) is 0 Å². The Bertz CT molecular complexity index is 281. The van der Waals surface area contributed by atoms with E-state index in [-0.39, 0.29) is 0 Å². The molecule has 0 aliphatic rings. The van der Waals surface area contributed by atoms with Gasteiger partial charge in [0.1, 0.15) is 0 Å². The number of alkyl halides is 1. The highest BCUT2D eigenvalue weighted by atomic mass is 127. The van der Waals surface area contributed by atoms with Gasteiger partial charge >= 0.3 is 0 Å². The lowest BCUT2D eigenvalue weighted by Gasteiger charge is -2.21. The zero-order chi connectivity index (χ0) is 12.5. The summed E-state index contributed by atoms with van der Waals surface area (Å²) in [5, 5.41) is 0. The molecule has 0 radical (unpaired) electrons. The topological polar surface area (TPSA) is 0 Å². The molecule has 0 fully saturated rings. The van der Waals surface area contributed by atoms with Crippen LogP contribution >= 0.6 is 22.6 Å². The van der Waals surface area contributed by atoms with Crippen molar-refractivity contribution in [3.63, 3.8) is 0 Å². The second kappa shape index (κ2) is 8.96. The molecule has 1 heteroatoms. The predicted molar refractivity (Wildman–Crippen MR) is 86.0 cm³/mol. The number of benzene rings is 1. The Kier molecular flexibility index (Phi) is 7.91. The van der Waals surface area contributed by atoms with Crippen LogP contribution in [0.15, 0.2) is 30.3 Å². The van der Waals surface area contributed by atoms with Gasteiger partial charge in [-0.15, -0.1) is 0 Å². The van der Waals surface area contributed by atoms with E-state index >= 15 is 0 Å². The summed E-state index contributed by atoms with van der Waals surface area (Å²) in [5.41, 5.74) is 1.54. The molecule has 1 aromatic carbocycles. The van der Waals surface area contributed by atoms with Gasteiger partial charge in [-0.2, -0.15) is 0 Å². The Hall–Kier alpha value is -0.0500. The van der Waals surface area contributed by atoms with Gasteiger partial charge in [-0.3, -0.25) is 0 Å². The normalized spacial score (nSPS) is 14.5. The standard InChI is InChI=1S/C16H25I/c1-3-4-8-16(13-14(2)11-12-17)15-9-6-5-7-10-15/h5-7,9-10,14,16H,3-4,8,11-13H2,1-2H3. The highest BCUT2D eigenvalue weighted by molar-refractivity contribution is 14.1. The van der Waals surface area contributed by atoms with Crippen molar-refractivity contribution < 1.29 is 0 Å². The first-order valence-corrected chi connectivity index (χ1v) is 8.41. The fraction of sp³-hybridized carbons (Fsp3) is 0.625. The van der Waals surface area contributed by atoms with Gasteiger partial charge in [0.2, 0.25) is 0 Å². The van der Waals surface area contributed by atoms with Crippen LogP contribution < -0.4 is 0 Å². The molecule has 0 N–H and O–H groups in total. The van der Waals surface area contributed by atoms with Gasteiger partial charge in [0.15, 0.2) is 0 Å². The molecular formula is C16H25I. The largest absolute Gasteiger partial charge is 0.0864 e. The Labute approximate surface area is 120 Å². The van der Waals surface area contributed by atoms with Crippen LogP contribution in [-0.2, 0) is 0 Å². The van der Waals surface area contributed by atoms with Gasteiger partial charge in [0, 0.05) is 0 Å². The van der Waals surface area contributed by atoms with Crippen molar-refractivity contribution in [3.8, 4) is 0 Å². The van der Waals surface area contributed by atoms with E-state index in [0.29, 0.717) is 0 Å². The van der Waals surface area contributed by atoms with Crippen LogP contribution in [-0.4, -0.2) is 4.43 Å². The third kappa shape index (κ3) is 5.89. The number of hydrogen-bond donors (Lipinski definition) is 0. The van der Waals surface area contributed by atoms with Crippen LogP contribution in [0.4, 0.5) is 0 Å². The molecule has 1 rings (SSSR count). The van der Waals surface area contributed by atoms with Crippen molar-refractivity contribution in [2.45, 2.75) is 51.9 Å². The summed E-state index contributed by atoms with van der Waals surface area (Å²) in [6.07, 6.45) is 6.73. The summed E-state index contributed by atoms with van der Waals surface area (Å²) >= 11 is 2.49. The molecule has 0 aliphatic heterocycles. The minimum absolute atomic E-state index is 0.772. The van der Waals surface area contributed by atoms with Crippen LogP contribution in [0.25, 0.3) is 0 Å². The number of halogens is 1. The Balaban J connectivity index is 2.60. The third-order valence-electron chi connectivity index (χ3n) is 3.47. The van der Waals surface area contributed by atoms with Crippen LogP contribution in [0.2, 0.25) is 0 Å². The highest BCUT2D eigenvalue weighted by Crippen LogP contribution is 2.30. The lowest BCUT2D eigenvalue weighted by atomic mass is 9.85. The molecule has 0 saturated carbocycles. The second-order valence-corrected chi connectivity index (χ2v) is 6.15. The number of unbranched alkanes of at least 4 members (excludes halogenated alkanes) is 1. The first-order chi connectivity index (χ1) is 8.27. The smallest absolute Gasteiger partial charge is 0.000219 e. The molecule has 2 unspecified atom stereocenters. The van der Waals surface area contributed by atoms with Crippen LogP contribution in [0.5, 0.6) is 0 Å². The van der Waals surface area contributed by atoms with Gasteiger partial charge in [-0.1, -0.05) is 79.6 Å². The second-order valence-electron chi connectivity index (χ2n) is 5.07. The van der Waals surface area contributed by atoms with E-state index in [4.69, 9.17) is 0 Å². The Morgan fingerprint density at radius 2 is 1.82 bits per heavy atom. The quantitative estimate of drug-likeness (QED) is 0.412. The van der Waals surface area contributed by atoms with Gasteiger partial charge in [0.25, 0.3) is 0 Å². The van der Waals surface area contributed by atoms with Gasteiger partial charge in [0.05, 0.1) is 0 Å². The van der Waals surface area contributed by atoms with E-state index in [9.17, 15) is 0 Å². The fourth-order valence-electron chi connectivity index (χ4n) is 2.39. The third-order valence-corrected chi connectivity index (χ3v) is 4.09. The molecule has 96 valence electrons. The van der Waals surface area contributed by atoms with E-state index in [1.54, 1.807) is 5.56 Å². The Morgan fingerprint density at radius 1 is 1.12 bits per heavy atom.